The lowest BCUT2D eigenvalue weighted by Crippen LogP contribution is -2.40. The third-order valence-electron chi connectivity index (χ3n) is 5.56. The lowest BCUT2D eigenvalue weighted by molar-refractivity contribution is -0.139. The van der Waals surface area contributed by atoms with Gasteiger partial charge in [-0.1, -0.05) is 57.6 Å². The smallest absolute Gasteiger partial charge is 0.338 e. The van der Waals surface area contributed by atoms with Crippen molar-refractivity contribution in [3.8, 4) is 0 Å². The molecule has 9 heteroatoms. The van der Waals surface area contributed by atoms with Crippen LogP contribution in [0, 0.1) is 0 Å². The molecule has 0 fully saturated rings. The van der Waals surface area contributed by atoms with Gasteiger partial charge in [0, 0.05) is 15.7 Å². The van der Waals surface area contributed by atoms with Crippen LogP contribution < -0.4 is 20.2 Å². The third-order valence-corrected chi connectivity index (χ3v) is 7.11. The Morgan fingerprint density at radius 1 is 1.21 bits per heavy atom. The Hall–Kier alpha value is -3.30. The Morgan fingerprint density at radius 2 is 1.97 bits per heavy atom. The molecule has 33 heavy (non-hydrogen) atoms. The van der Waals surface area contributed by atoms with Gasteiger partial charge in [0.1, 0.15) is 4.53 Å². The molecule has 1 atom stereocenters. The molecular formula is C24H18BrN3O4S. The number of allylic oxidation sites excluding steroid dienone is 1. The number of halogens is 1. The second-order valence-corrected chi connectivity index (χ2v) is 9.45. The topological polar surface area (TPSA) is 89.8 Å². The van der Waals surface area contributed by atoms with Gasteiger partial charge in [-0.3, -0.25) is 14.2 Å². The van der Waals surface area contributed by atoms with Crippen LogP contribution in [0.25, 0.3) is 5.57 Å². The average molecular weight is 524 g/mol. The second kappa shape index (κ2) is 8.24. The number of ether oxygens (including phenoxy) is 1. The van der Waals surface area contributed by atoms with Gasteiger partial charge in [0.2, 0.25) is 0 Å². The van der Waals surface area contributed by atoms with Crippen molar-refractivity contribution in [3.63, 3.8) is 0 Å². The Labute approximate surface area is 200 Å². The molecule has 0 saturated heterocycles. The summed E-state index contributed by atoms with van der Waals surface area (Å²) in [4.78, 5) is 44.5. The maximum Gasteiger partial charge on any atom is 0.338 e. The number of carbonyl (C=O) groups is 2. The largest absolute Gasteiger partial charge is 0.463 e. The maximum absolute atomic E-state index is 13.8. The van der Waals surface area contributed by atoms with Crippen LogP contribution in [-0.4, -0.2) is 23.1 Å². The minimum absolute atomic E-state index is 0.206. The molecule has 2 aliphatic heterocycles. The van der Waals surface area contributed by atoms with Gasteiger partial charge in [0.15, 0.2) is 4.80 Å². The Morgan fingerprint density at radius 3 is 2.70 bits per heavy atom. The summed E-state index contributed by atoms with van der Waals surface area (Å²) in [6.07, 6.45) is 0. The number of fused-ring (bicyclic) bond motifs is 2. The van der Waals surface area contributed by atoms with Gasteiger partial charge in [-0.25, -0.2) is 9.79 Å². The monoisotopic (exact) mass is 523 g/mol. The predicted octanol–water partition coefficient (Wildman–Crippen LogP) is 2.88. The summed E-state index contributed by atoms with van der Waals surface area (Å²) in [7, 11) is 0. The first-order valence-electron chi connectivity index (χ1n) is 10.3. The van der Waals surface area contributed by atoms with Crippen molar-refractivity contribution < 1.29 is 14.3 Å². The van der Waals surface area contributed by atoms with Crippen molar-refractivity contribution >= 4 is 50.4 Å². The molecular weight excluding hydrogens is 506 g/mol. The van der Waals surface area contributed by atoms with E-state index in [1.165, 1.54) is 4.57 Å². The van der Waals surface area contributed by atoms with E-state index in [-0.39, 0.29) is 22.6 Å². The van der Waals surface area contributed by atoms with E-state index in [4.69, 9.17) is 4.74 Å². The van der Waals surface area contributed by atoms with Gasteiger partial charge in [-0.2, -0.15) is 0 Å². The number of anilines is 1. The number of benzene rings is 2. The van der Waals surface area contributed by atoms with E-state index in [9.17, 15) is 14.4 Å². The first kappa shape index (κ1) is 21.5. The van der Waals surface area contributed by atoms with Crippen molar-refractivity contribution in [1.29, 1.82) is 0 Å². The van der Waals surface area contributed by atoms with E-state index in [1.807, 2.05) is 42.5 Å². The number of hydrogen-bond acceptors (Lipinski definition) is 6. The quantitative estimate of drug-likeness (QED) is 0.534. The van der Waals surface area contributed by atoms with Crippen LogP contribution in [0.4, 0.5) is 5.69 Å². The fraction of sp³-hybridized carbons (Fsp3) is 0.167. The number of amides is 1. The molecule has 2 aliphatic rings. The second-order valence-electron chi connectivity index (χ2n) is 7.55. The number of carbonyl (C=O) groups excluding carboxylic acids is 2. The van der Waals surface area contributed by atoms with Gasteiger partial charge < -0.3 is 10.1 Å². The summed E-state index contributed by atoms with van der Waals surface area (Å²) in [5.41, 5.74) is 2.78. The van der Waals surface area contributed by atoms with Crippen molar-refractivity contribution in [3.05, 3.63) is 95.1 Å². The fourth-order valence-corrected chi connectivity index (χ4v) is 5.66. The van der Waals surface area contributed by atoms with Crippen LogP contribution in [-0.2, 0) is 14.3 Å². The lowest BCUT2D eigenvalue weighted by Gasteiger charge is -2.24. The van der Waals surface area contributed by atoms with E-state index in [2.05, 4.69) is 26.2 Å². The van der Waals surface area contributed by atoms with Gasteiger partial charge in [0.05, 0.1) is 29.5 Å². The van der Waals surface area contributed by atoms with Crippen molar-refractivity contribution in [2.24, 2.45) is 4.99 Å². The van der Waals surface area contributed by atoms with Crippen molar-refractivity contribution in [2.75, 3.05) is 11.9 Å². The SMILES string of the molecule is CCOC(=O)C1=C(C)N=c2sc(=C3C(=O)Nc4ccc(Br)cc43)c(=O)n2C1c1ccccc1. The van der Waals surface area contributed by atoms with E-state index < -0.39 is 12.0 Å². The number of nitrogens with one attached hydrogen (secondary N) is 1. The highest BCUT2D eigenvalue weighted by atomic mass is 79.9. The average Bonchev–Trinajstić information content (AvgIpc) is 3.28. The van der Waals surface area contributed by atoms with E-state index in [0.29, 0.717) is 32.9 Å². The molecule has 0 spiro atoms. The highest BCUT2D eigenvalue weighted by molar-refractivity contribution is 9.10. The Bertz CT molecular complexity index is 1540. The lowest BCUT2D eigenvalue weighted by atomic mass is 9.96. The van der Waals surface area contributed by atoms with Gasteiger partial charge in [0.25, 0.3) is 11.5 Å². The summed E-state index contributed by atoms with van der Waals surface area (Å²) in [6.45, 7) is 3.67. The third kappa shape index (κ3) is 3.48. The molecule has 7 nitrogen and oxygen atoms in total. The molecule has 2 aromatic carbocycles. The van der Waals surface area contributed by atoms with Crippen LogP contribution in [0.1, 0.15) is 31.0 Å². The summed E-state index contributed by atoms with van der Waals surface area (Å²) in [6, 6.07) is 14.0. The normalized spacial score (nSPS) is 18.4. The highest BCUT2D eigenvalue weighted by Gasteiger charge is 2.35. The highest BCUT2D eigenvalue weighted by Crippen LogP contribution is 2.33. The molecule has 3 heterocycles. The summed E-state index contributed by atoms with van der Waals surface area (Å²) >= 11 is 4.58. The molecule has 1 unspecified atom stereocenters. The molecule has 0 radical (unpaired) electrons. The minimum atomic E-state index is -0.706. The standard InChI is InChI=1S/C24H18BrN3O4S/c1-3-32-23(31)17-12(2)26-24-28(19(17)13-7-5-4-6-8-13)22(30)20(33-24)18-15-11-14(25)9-10-16(15)27-21(18)29/h4-11,19H,3H2,1-2H3,(H,27,29). The Balaban J connectivity index is 1.83. The van der Waals surface area contributed by atoms with Crippen LogP contribution in [0.15, 0.2) is 74.1 Å². The summed E-state index contributed by atoms with van der Waals surface area (Å²) < 4.78 is 7.87. The molecule has 0 saturated carbocycles. The number of rotatable bonds is 3. The number of nitrogens with zero attached hydrogens (tertiary/aromatic N) is 2. The van der Waals surface area contributed by atoms with Crippen molar-refractivity contribution in [2.45, 2.75) is 19.9 Å². The zero-order chi connectivity index (χ0) is 23.3. The van der Waals surface area contributed by atoms with Crippen LogP contribution in [0.5, 0.6) is 0 Å². The number of esters is 1. The molecule has 0 bridgehead atoms. The molecule has 0 aliphatic carbocycles. The van der Waals surface area contributed by atoms with E-state index >= 15 is 0 Å². The van der Waals surface area contributed by atoms with E-state index in [1.54, 1.807) is 19.9 Å². The van der Waals surface area contributed by atoms with Crippen molar-refractivity contribution in [1.82, 2.24) is 4.57 Å². The Kier molecular flexibility index (Phi) is 5.38. The van der Waals surface area contributed by atoms with Gasteiger partial charge in [-0.15, -0.1) is 0 Å². The minimum Gasteiger partial charge on any atom is -0.463 e. The van der Waals surface area contributed by atoms with Crippen LogP contribution >= 0.6 is 27.3 Å². The summed E-state index contributed by atoms with van der Waals surface area (Å²) in [5.74, 6) is -0.857. The van der Waals surface area contributed by atoms with Gasteiger partial charge >= 0.3 is 5.97 Å². The first-order valence-corrected chi connectivity index (χ1v) is 11.9. The van der Waals surface area contributed by atoms with Crippen LogP contribution in [0.2, 0.25) is 0 Å². The number of aromatic nitrogens is 1. The maximum atomic E-state index is 13.8. The zero-order valence-electron chi connectivity index (χ0n) is 17.7. The zero-order valence-corrected chi connectivity index (χ0v) is 20.1. The molecule has 166 valence electrons. The van der Waals surface area contributed by atoms with Gasteiger partial charge in [-0.05, 0) is 37.6 Å². The number of hydrogen-bond donors (Lipinski definition) is 1. The summed E-state index contributed by atoms with van der Waals surface area (Å²) in [5, 5.41) is 2.82. The molecule has 1 N–H and O–H groups in total. The molecule has 3 aromatic rings. The number of thiazole rings is 1. The van der Waals surface area contributed by atoms with Crippen LogP contribution in [0.3, 0.4) is 0 Å². The molecule has 5 rings (SSSR count). The van der Waals surface area contributed by atoms with E-state index in [0.717, 1.165) is 21.4 Å². The predicted molar refractivity (Wildman–Crippen MR) is 129 cm³/mol. The molecule has 1 amide bonds. The first-order chi connectivity index (χ1) is 15.9. The fourth-order valence-electron chi connectivity index (χ4n) is 4.16. The molecule has 1 aromatic heterocycles.